The summed E-state index contributed by atoms with van der Waals surface area (Å²) in [4.78, 5) is 0. The first kappa shape index (κ1) is 493. The van der Waals surface area contributed by atoms with Crippen LogP contribution in [0, 0.1) is 0 Å². The summed E-state index contributed by atoms with van der Waals surface area (Å²) in [5, 5.41) is 0. The quantitative estimate of drug-likeness (QED) is 0.273. The van der Waals surface area contributed by atoms with Gasteiger partial charge in [0.1, 0.15) is 0 Å². The molecule has 0 heterocycles. The Morgan fingerprint density at radius 1 is 0.500 bits per heavy atom. The first-order valence-corrected chi connectivity index (χ1v) is 0. The van der Waals surface area contributed by atoms with Crippen molar-refractivity contribution in [3.63, 3.8) is 0 Å². The maximum Gasteiger partial charge on any atom is 3.00 e. The molecule has 0 spiro atoms. The van der Waals surface area contributed by atoms with Crippen molar-refractivity contribution < 1.29 is 31.2 Å². The number of hydrogen-bond donors (Lipinski definition) is 0. The summed E-state index contributed by atoms with van der Waals surface area (Å²) in [6.07, 6.45) is 0. The second-order valence-corrected chi connectivity index (χ2v) is 0. The molecule has 0 fully saturated rings. The molecule has 0 amide bonds. The molecule has 0 bridgehead atoms. The predicted octanol–water partition coefficient (Wildman–Crippen LogP) is -8.99. The Labute approximate surface area is 32.2 Å². The summed E-state index contributed by atoms with van der Waals surface area (Å²) in [6, 6.07) is 0. The van der Waals surface area contributed by atoms with Crippen LogP contribution in [0.15, 0.2) is 0 Å². The van der Waals surface area contributed by atoms with E-state index in [0.717, 1.165) is 0 Å². The van der Waals surface area contributed by atoms with E-state index in [4.69, 9.17) is 0 Å². The molecule has 0 N–H and O–H groups in total. The van der Waals surface area contributed by atoms with E-state index in [0.29, 0.717) is 0 Å². The Kier molecular flexibility index (Phi) is 22700. The predicted molar refractivity (Wildman–Crippen MR) is 0 cm³/mol. The maximum absolute atomic E-state index is 0. The molecule has 0 atom stereocenters. The normalized spacial score (nSPS) is 0. The van der Waals surface area contributed by atoms with Gasteiger partial charge >= 0.3 is 17.1 Å². The first-order chi connectivity index (χ1) is 0. The van der Waals surface area contributed by atoms with E-state index in [1.807, 2.05) is 0 Å². The van der Waals surface area contributed by atoms with Gasteiger partial charge in [0.05, 0.1) is 0 Å². The molecule has 0 saturated heterocycles. The average molecular weight is 112 g/mol. The van der Waals surface area contributed by atoms with Gasteiger partial charge < -0.3 is 14.1 Å². The van der Waals surface area contributed by atoms with Gasteiger partial charge in [0.25, 0.3) is 0 Å². The van der Waals surface area contributed by atoms with Gasteiger partial charge in [-0.1, -0.05) is 0 Å². The van der Waals surface area contributed by atoms with Crippen LogP contribution in [0.25, 0.3) is 0 Å². The summed E-state index contributed by atoms with van der Waals surface area (Å²) < 4.78 is 0. The molecule has 0 aliphatic rings. The Hall–Kier alpha value is 0.309. The average Bonchev–Trinajstić information content (AvgIpc) is 0. The zero-order valence-electron chi connectivity index (χ0n) is 1.51. The molecular formula is F3Mn. The third-order valence-corrected chi connectivity index (χ3v) is 0. The summed E-state index contributed by atoms with van der Waals surface area (Å²) in [5.41, 5.74) is 0. The van der Waals surface area contributed by atoms with Crippen molar-refractivity contribution in [2.24, 2.45) is 0 Å². The Morgan fingerprint density at radius 3 is 0.500 bits per heavy atom. The van der Waals surface area contributed by atoms with Crippen LogP contribution in [0.1, 0.15) is 0 Å². The van der Waals surface area contributed by atoms with Crippen molar-refractivity contribution in [1.82, 2.24) is 0 Å². The van der Waals surface area contributed by atoms with E-state index in [2.05, 4.69) is 0 Å². The summed E-state index contributed by atoms with van der Waals surface area (Å²) in [7, 11) is 0. The second kappa shape index (κ2) is 184. The molecule has 28 valence electrons. The minimum atomic E-state index is 0. The SMILES string of the molecule is [F-].[F-].[F-].[Mn+3]. The van der Waals surface area contributed by atoms with Crippen LogP contribution in [0.4, 0.5) is 0 Å². The fourth-order valence-electron chi connectivity index (χ4n) is 0. The van der Waals surface area contributed by atoms with Crippen molar-refractivity contribution in [3.8, 4) is 0 Å². The van der Waals surface area contributed by atoms with Crippen LogP contribution in [0.5, 0.6) is 0 Å². The van der Waals surface area contributed by atoms with Crippen LogP contribution in [-0.4, -0.2) is 0 Å². The molecule has 0 saturated carbocycles. The van der Waals surface area contributed by atoms with Gasteiger partial charge in [-0.05, 0) is 0 Å². The third-order valence-electron chi connectivity index (χ3n) is 0. The fraction of sp³-hybridized carbons (Fsp3) is 0. The monoisotopic (exact) mass is 112 g/mol. The molecule has 0 unspecified atom stereocenters. The van der Waals surface area contributed by atoms with Crippen molar-refractivity contribution in [3.05, 3.63) is 0 Å². The van der Waals surface area contributed by atoms with Gasteiger partial charge in [-0.15, -0.1) is 0 Å². The number of halogens is 3. The molecule has 0 aromatic heterocycles. The zero-order chi connectivity index (χ0) is 0. The summed E-state index contributed by atoms with van der Waals surface area (Å²) in [5.74, 6) is 0. The van der Waals surface area contributed by atoms with E-state index in [9.17, 15) is 0 Å². The van der Waals surface area contributed by atoms with Crippen molar-refractivity contribution in [2.45, 2.75) is 0 Å². The number of hydrogen-bond acceptors (Lipinski definition) is 0. The van der Waals surface area contributed by atoms with Gasteiger partial charge in [-0.2, -0.15) is 0 Å². The molecule has 0 nitrogen and oxygen atoms in total. The summed E-state index contributed by atoms with van der Waals surface area (Å²) >= 11 is 0. The van der Waals surface area contributed by atoms with Gasteiger partial charge in [-0.25, -0.2) is 0 Å². The molecule has 0 aliphatic heterocycles. The van der Waals surface area contributed by atoms with Crippen molar-refractivity contribution in [2.75, 3.05) is 0 Å². The Balaban J connectivity index is 0. The minimum Gasteiger partial charge on any atom is -1.00 e. The smallest absolute Gasteiger partial charge is 1.00 e. The van der Waals surface area contributed by atoms with Crippen LogP contribution in [0.2, 0.25) is 0 Å². The molecule has 0 rings (SSSR count). The summed E-state index contributed by atoms with van der Waals surface area (Å²) in [6.45, 7) is 0. The van der Waals surface area contributed by atoms with E-state index >= 15 is 0 Å². The molecular weight excluding hydrogens is 112 g/mol. The molecule has 4 heavy (non-hydrogen) atoms. The van der Waals surface area contributed by atoms with Gasteiger partial charge in [0.2, 0.25) is 0 Å². The van der Waals surface area contributed by atoms with Crippen LogP contribution < -0.4 is 14.1 Å². The van der Waals surface area contributed by atoms with Crippen LogP contribution in [0.3, 0.4) is 0 Å². The maximum atomic E-state index is 0. The number of rotatable bonds is 0. The molecule has 0 aromatic rings. The van der Waals surface area contributed by atoms with Crippen molar-refractivity contribution >= 4 is 0 Å². The fourth-order valence-corrected chi connectivity index (χ4v) is 0. The van der Waals surface area contributed by atoms with E-state index < -0.39 is 0 Å². The molecule has 0 aromatic carbocycles. The topological polar surface area (TPSA) is 0 Å². The third kappa shape index (κ3) is 41.3. The standard InChI is InChI=1S/3FH.Mn/h3*1H;/q;;;+3/p-3. The molecule has 0 aliphatic carbocycles. The second-order valence-electron chi connectivity index (χ2n) is 0. The van der Waals surface area contributed by atoms with Crippen LogP contribution in [-0.2, 0) is 17.1 Å². The minimum absolute atomic E-state index is 0. The Morgan fingerprint density at radius 2 is 0.500 bits per heavy atom. The van der Waals surface area contributed by atoms with E-state index in [1.165, 1.54) is 0 Å². The van der Waals surface area contributed by atoms with E-state index in [-0.39, 0.29) is 31.2 Å². The van der Waals surface area contributed by atoms with Crippen molar-refractivity contribution in [1.29, 1.82) is 0 Å². The van der Waals surface area contributed by atoms with Crippen LogP contribution >= 0.6 is 0 Å². The molecule has 4 heteroatoms. The molecule has 0 radical (unpaired) electrons. The van der Waals surface area contributed by atoms with Gasteiger partial charge in [-0.3, -0.25) is 0 Å². The zero-order valence-corrected chi connectivity index (χ0v) is 2.69. The largest absolute Gasteiger partial charge is 3.00 e. The Bertz CT molecular complexity index is 3.25. The van der Waals surface area contributed by atoms with Gasteiger partial charge in [0, 0.05) is 0 Å². The van der Waals surface area contributed by atoms with Gasteiger partial charge in [0.15, 0.2) is 0 Å². The van der Waals surface area contributed by atoms with E-state index in [1.54, 1.807) is 0 Å². The first-order valence-electron chi connectivity index (χ1n) is 0.